The van der Waals surface area contributed by atoms with Gasteiger partial charge in [0, 0.05) is 37.5 Å². The van der Waals surface area contributed by atoms with Crippen LogP contribution in [0.4, 0.5) is 25.0 Å². The number of rotatable bonds is 3. The number of aromatic nitrogens is 2. The second kappa shape index (κ2) is 9.17. The largest absolute Gasteiger partial charge is 0.332 e. The third kappa shape index (κ3) is 4.02. The Hall–Kier alpha value is -4.52. The van der Waals surface area contributed by atoms with Gasteiger partial charge in [-0.15, -0.1) is 0 Å². The smallest absolute Gasteiger partial charge is 0.307 e. The highest BCUT2D eigenvalue weighted by Crippen LogP contribution is 2.39. The van der Waals surface area contributed by atoms with Gasteiger partial charge in [0.05, 0.1) is 18.3 Å². The van der Waals surface area contributed by atoms with E-state index in [1.54, 1.807) is 49.1 Å². The van der Waals surface area contributed by atoms with Gasteiger partial charge in [-0.1, -0.05) is 37.0 Å². The van der Waals surface area contributed by atoms with Gasteiger partial charge in [0.1, 0.15) is 11.2 Å². The highest BCUT2D eigenvalue weighted by atomic mass is 19.1. The second-order valence-corrected chi connectivity index (χ2v) is 8.96. The molecular weight excluding hydrogens is 480 g/mol. The minimum Gasteiger partial charge on any atom is -0.307 e. The van der Waals surface area contributed by atoms with Crippen molar-refractivity contribution in [1.82, 2.24) is 14.7 Å². The molecule has 0 unspecified atom stereocenters. The Balaban J connectivity index is 1.47. The van der Waals surface area contributed by atoms with Gasteiger partial charge in [0.25, 0.3) is 5.91 Å². The number of carbonyl (C=O) groups is 3. The normalized spacial score (nSPS) is 19.6. The van der Waals surface area contributed by atoms with Crippen LogP contribution in [0.3, 0.4) is 0 Å². The summed E-state index contributed by atoms with van der Waals surface area (Å²) in [6.07, 6.45) is 2.96. The van der Waals surface area contributed by atoms with Crippen LogP contribution in [0.1, 0.15) is 30.9 Å². The van der Waals surface area contributed by atoms with E-state index in [9.17, 15) is 14.4 Å². The molecular formula is C27H23F2N5O3. The van der Waals surface area contributed by atoms with Crippen molar-refractivity contribution < 1.29 is 23.2 Å². The van der Waals surface area contributed by atoms with Gasteiger partial charge in [0.15, 0.2) is 11.6 Å². The topological polar surface area (TPSA) is 78.8 Å². The predicted molar refractivity (Wildman–Crippen MR) is 132 cm³/mol. The first kappa shape index (κ1) is 24.2. The summed E-state index contributed by atoms with van der Waals surface area (Å²) in [4.78, 5) is 43.6. The molecule has 1 aromatic heterocycles. The summed E-state index contributed by atoms with van der Waals surface area (Å²) in [6.45, 7) is 1.94. The van der Waals surface area contributed by atoms with Gasteiger partial charge < -0.3 is 9.80 Å². The van der Waals surface area contributed by atoms with Gasteiger partial charge in [-0.05, 0) is 30.7 Å². The third-order valence-electron chi connectivity index (χ3n) is 6.78. The minimum atomic E-state index is -1.45. The number of anilines is 2. The molecule has 8 nitrogen and oxygen atoms in total. The number of fused-ring (bicyclic) bond motifs is 1. The average molecular weight is 504 g/mol. The van der Waals surface area contributed by atoms with Gasteiger partial charge in [-0.25, -0.2) is 18.5 Å². The van der Waals surface area contributed by atoms with E-state index >= 15 is 8.78 Å². The van der Waals surface area contributed by atoms with Crippen molar-refractivity contribution in [2.45, 2.75) is 25.3 Å². The van der Waals surface area contributed by atoms with Crippen LogP contribution in [-0.4, -0.2) is 51.2 Å². The van der Waals surface area contributed by atoms with Crippen molar-refractivity contribution in [2.75, 3.05) is 22.9 Å². The summed E-state index contributed by atoms with van der Waals surface area (Å²) in [6, 6.07) is 9.97. The number of hydrogen-bond donors (Lipinski definition) is 0. The van der Waals surface area contributed by atoms with Gasteiger partial charge in [-0.2, -0.15) is 5.10 Å². The maximum Gasteiger partial charge on any atom is 0.332 e. The molecule has 5 rings (SSSR count). The van der Waals surface area contributed by atoms with Crippen molar-refractivity contribution in [1.29, 1.82) is 0 Å². The zero-order valence-corrected chi connectivity index (χ0v) is 20.2. The fourth-order valence-corrected chi connectivity index (χ4v) is 4.89. The number of piperazine rings is 1. The Bertz CT molecular complexity index is 1450. The Labute approximate surface area is 212 Å². The van der Waals surface area contributed by atoms with E-state index in [-0.39, 0.29) is 25.1 Å². The summed E-state index contributed by atoms with van der Waals surface area (Å²) in [7, 11) is 1.72. The molecule has 0 spiro atoms. The van der Waals surface area contributed by atoms with Crippen LogP contribution in [0.2, 0.25) is 0 Å². The van der Waals surface area contributed by atoms with Crippen molar-refractivity contribution in [3.8, 4) is 11.8 Å². The number of benzene rings is 2. The number of amides is 4. The molecule has 188 valence electrons. The molecule has 3 aromatic rings. The van der Waals surface area contributed by atoms with Crippen LogP contribution in [0.15, 0.2) is 54.9 Å². The van der Waals surface area contributed by atoms with Crippen molar-refractivity contribution >= 4 is 29.2 Å². The average Bonchev–Trinajstić information content (AvgIpc) is 3.31. The number of urea groups is 1. The monoisotopic (exact) mass is 503 g/mol. The first-order chi connectivity index (χ1) is 17.7. The summed E-state index contributed by atoms with van der Waals surface area (Å²) in [5.41, 5.74) is -0.951. The molecule has 2 fully saturated rings. The SMILES string of the molecule is CC[C@@]12CC(=O)N(c3c(F)cc(C#Cc4ccccc4)cc3F)C(=O)N1CCN(c1cnn(C)c1)C2=O. The molecule has 0 N–H and O–H groups in total. The van der Waals surface area contributed by atoms with Crippen molar-refractivity contribution in [3.63, 3.8) is 0 Å². The molecule has 1 atom stereocenters. The molecule has 0 aliphatic carbocycles. The lowest BCUT2D eigenvalue weighted by molar-refractivity contribution is -0.139. The molecule has 4 amide bonds. The van der Waals surface area contributed by atoms with Gasteiger partial charge in [-0.3, -0.25) is 14.3 Å². The van der Waals surface area contributed by atoms with Crippen LogP contribution in [0.5, 0.6) is 0 Å². The van der Waals surface area contributed by atoms with Crippen molar-refractivity contribution in [2.24, 2.45) is 7.05 Å². The molecule has 37 heavy (non-hydrogen) atoms. The van der Waals surface area contributed by atoms with Crippen LogP contribution >= 0.6 is 0 Å². The fourth-order valence-electron chi connectivity index (χ4n) is 4.89. The Morgan fingerprint density at radius 1 is 1.00 bits per heavy atom. The Morgan fingerprint density at radius 3 is 2.30 bits per heavy atom. The zero-order chi connectivity index (χ0) is 26.3. The van der Waals surface area contributed by atoms with Crippen LogP contribution in [0, 0.1) is 23.5 Å². The maximum atomic E-state index is 15.2. The summed E-state index contributed by atoms with van der Waals surface area (Å²) in [5.74, 6) is 2.04. The standard InChI is InChI=1S/C27H23F2N5O3/c1-3-27-15-23(35)34(26(37)33(27)12-11-32(25(27)36)20-16-30-31(2)17-20)24-21(28)13-19(14-22(24)29)10-9-18-7-5-4-6-8-18/h4-8,13-14,16-17H,3,11-12,15H2,1-2H3/t27-/m0/s1. The lowest BCUT2D eigenvalue weighted by Crippen LogP contribution is -2.73. The van der Waals surface area contributed by atoms with E-state index in [2.05, 4.69) is 16.9 Å². The molecule has 2 aliphatic rings. The third-order valence-corrected chi connectivity index (χ3v) is 6.78. The summed E-state index contributed by atoms with van der Waals surface area (Å²) < 4.78 is 31.9. The first-order valence-corrected chi connectivity index (χ1v) is 11.8. The Kier molecular flexibility index (Phi) is 5.99. The van der Waals surface area contributed by atoms with Crippen molar-refractivity contribution in [3.05, 3.63) is 77.6 Å². The number of hydrogen-bond acceptors (Lipinski definition) is 4. The second-order valence-electron chi connectivity index (χ2n) is 8.96. The minimum absolute atomic E-state index is 0.0580. The molecule has 2 saturated heterocycles. The summed E-state index contributed by atoms with van der Waals surface area (Å²) in [5, 5.41) is 4.09. The van der Waals surface area contributed by atoms with E-state index in [1.165, 1.54) is 16.0 Å². The maximum absolute atomic E-state index is 15.2. The van der Waals surface area contributed by atoms with Gasteiger partial charge in [0.2, 0.25) is 5.91 Å². The molecule has 2 aromatic carbocycles. The first-order valence-electron chi connectivity index (χ1n) is 11.8. The number of imide groups is 1. The van der Waals surface area contributed by atoms with E-state index < -0.39 is 47.1 Å². The lowest BCUT2D eigenvalue weighted by atomic mass is 9.83. The molecule has 0 bridgehead atoms. The quantitative estimate of drug-likeness (QED) is 0.513. The molecule has 0 saturated carbocycles. The molecule has 3 heterocycles. The number of carbonyl (C=O) groups excluding carboxylic acids is 3. The number of nitrogens with zero attached hydrogens (tertiary/aromatic N) is 5. The van der Waals surface area contributed by atoms with E-state index in [0.717, 1.165) is 12.1 Å². The van der Waals surface area contributed by atoms with Gasteiger partial charge >= 0.3 is 6.03 Å². The van der Waals surface area contributed by atoms with Crippen LogP contribution in [-0.2, 0) is 16.6 Å². The number of halogens is 2. The highest BCUT2D eigenvalue weighted by Gasteiger charge is 2.57. The zero-order valence-electron chi connectivity index (χ0n) is 20.2. The Morgan fingerprint density at radius 2 is 1.68 bits per heavy atom. The number of aryl methyl sites for hydroxylation is 1. The predicted octanol–water partition coefficient (Wildman–Crippen LogP) is 3.45. The van der Waals surface area contributed by atoms with E-state index in [1.807, 2.05) is 6.07 Å². The fraction of sp³-hybridized carbons (Fsp3) is 0.259. The highest BCUT2D eigenvalue weighted by molar-refractivity contribution is 6.21. The molecule has 10 heteroatoms. The molecule has 2 aliphatic heterocycles. The van der Waals surface area contributed by atoms with E-state index in [0.29, 0.717) is 16.2 Å². The lowest BCUT2D eigenvalue weighted by Gasteiger charge is -2.52. The summed E-state index contributed by atoms with van der Waals surface area (Å²) >= 11 is 0. The van der Waals surface area contributed by atoms with E-state index in [4.69, 9.17) is 0 Å². The van der Waals surface area contributed by atoms with Crippen LogP contribution in [0.25, 0.3) is 0 Å². The van der Waals surface area contributed by atoms with Crippen LogP contribution < -0.4 is 9.80 Å². The molecule has 0 radical (unpaired) electrons.